The largest absolute Gasteiger partial charge is 0.493 e. The minimum atomic E-state index is 0.685. The van der Waals surface area contributed by atoms with E-state index in [0.29, 0.717) is 5.92 Å². The molecule has 1 fully saturated rings. The molecule has 1 saturated heterocycles. The van der Waals surface area contributed by atoms with Crippen molar-refractivity contribution >= 4 is 11.3 Å². The molecule has 0 aliphatic carbocycles. The molecule has 0 spiro atoms. The minimum absolute atomic E-state index is 0.685. The van der Waals surface area contributed by atoms with Crippen molar-refractivity contribution in [3.05, 3.63) is 65.2 Å². The first-order valence-electron chi connectivity index (χ1n) is 9.71. The van der Waals surface area contributed by atoms with Crippen molar-refractivity contribution in [1.82, 2.24) is 9.88 Å². The van der Waals surface area contributed by atoms with Crippen molar-refractivity contribution in [2.45, 2.75) is 25.3 Å². The van der Waals surface area contributed by atoms with E-state index in [9.17, 15) is 0 Å². The summed E-state index contributed by atoms with van der Waals surface area (Å²) in [4.78, 5) is 7.39. The lowest BCUT2D eigenvalue weighted by atomic mass is 9.89. The second kappa shape index (κ2) is 8.76. The average Bonchev–Trinajstić information content (AvgIpc) is 3.22. The van der Waals surface area contributed by atoms with Gasteiger partial charge in [-0.25, -0.2) is 4.98 Å². The summed E-state index contributed by atoms with van der Waals surface area (Å²) in [6, 6.07) is 16.8. The Balaban J connectivity index is 1.41. The van der Waals surface area contributed by atoms with Crippen LogP contribution < -0.4 is 9.47 Å². The first kappa shape index (κ1) is 19.0. The van der Waals surface area contributed by atoms with Gasteiger partial charge >= 0.3 is 0 Å². The number of ether oxygens (including phenoxy) is 2. The highest BCUT2D eigenvalue weighted by Gasteiger charge is 2.21. The number of piperidine rings is 1. The Morgan fingerprint density at radius 1 is 1.00 bits per heavy atom. The van der Waals surface area contributed by atoms with Crippen molar-refractivity contribution in [1.29, 1.82) is 0 Å². The number of nitrogens with zero attached hydrogens (tertiary/aromatic N) is 2. The summed E-state index contributed by atoms with van der Waals surface area (Å²) in [5, 5.41) is 3.14. The SMILES string of the molecule is COc1cccc(-c2nc(CN3CCC(c4ccccc4)CC3)cs2)c1OC. The second-order valence-corrected chi connectivity index (χ2v) is 8.00. The van der Waals surface area contributed by atoms with Gasteiger partial charge in [0.2, 0.25) is 0 Å². The van der Waals surface area contributed by atoms with Crippen LogP contribution in [0.15, 0.2) is 53.9 Å². The minimum Gasteiger partial charge on any atom is -0.493 e. The van der Waals surface area contributed by atoms with Gasteiger partial charge in [-0.2, -0.15) is 0 Å². The Hall–Kier alpha value is -2.37. The van der Waals surface area contributed by atoms with Gasteiger partial charge in [-0.1, -0.05) is 36.4 Å². The van der Waals surface area contributed by atoms with Crippen molar-refractivity contribution < 1.29 is 9.47 Å². The molecule has 1 aliphatic heterocycles. The fourth-order valence-corrected chi connectivity index (χ4v) is 4.77. The van der Waals surface area contributed by atoms with Gasteiger partial charge in [-0.05, 0) is 49.5 Å². The number of rotatable bonds is 6. The molecule has 0 atom stereocenters. The van der Waals surface area contributed by atoms with Crippen LogP contribution in [0.1, 0.15) is 30.0 Å². The van der Waals surface area contributed by atoms with Crippen LogP contribution in [0.3, 0.4) is 0 Å². The highest BCUT2D eigenvalue weighted by molar-refractivity contribution is 7.13. The molecule has 0 amide bonds. The van der Waals surface area contributed by atoms with E-state index in [4.69, 9.17) is 14.5 Å². The summed E-state index contributed by atoms with van der Waals surface area (Å²) >= 11 is 1.66. The number of hydrogen-bond donors (Lipinski definition) is 0. The van der Waals surface area contributed by atoms with Crippen molar-refractivity contribution in [3.8, 4) is 22.1 Å². The van der Waals surface area contributed by atoms with Crippen LogP contribution in [-0.4, -0.2) is 37.2 Å². The molecular weight excluding hydrogens is 368 g/mol. The van der Waals surface area contributed by atoms with Gasteiger partial charge in [-0.3, -0.25) is 4.90 Å². The summed E-state index contributed by atoms with van der Waals surface area (Å²) in [5.41, 5.74) is 3.59. The summed E-state index contributed by atoms with van der Waals surface area (Å²) in [6.07, 6.45) is 2.43. The van der Waals surface area contributed by atoms with E-state index in [1.807, 2.05) is 18.2 Å². The maximum atomic E-state index is 5.57. The number of para-hydroxylation sites is 1. The summed E-state index contributed by atoms with van der Waals surface area (Å²) in [5.74, 6) is 2.17. The van der Waals surface area contributed by atoms with Crippen LogP contribution in [0.2, 0.25) is 0 Å². The number of benzene rings is 2. The molecule has 0 radical (unpaired) electrons. The zero-order chi connectivity index (χ0) is 19.3. The molecule has 0 bridgehead atoms. The highest BCUT2D eigenvalue weighted by atomic mass is 32.1. The monoisotopic (exact) mass is 394 g/mol. The molecule has 2 heterocycles. The van der Waals surface area contributed by atoms with E-state index in [0.717, 1.165) is 47.4 Å². The Kier molecular flexibility index (Phi) is 5.93. The quantitative estimate of drug-likeness (QED) is 0.575. The Bertz CT molecular complexity index is 902. The first-order valence-corrected chi connectivity index (χ1v) is 10.6. The molecule has 4 rings (SSSR count). The Morgan fingerprint density at radius 3 is 2.50 bits per heavy atom. The van der Waals surface area contributed by atoms with Crippen LogP contribution in [0.5, 0.6) is 11.5 Å². The molecule has 0 N–H and O–H groups in total. The van der Waals surface area contributed by atoms with E-state index in [1.54, 1.807) is 25.6 Å². The van der Waals surface area contributed by atoms with Crippen molar-refractivity contribution in [3.63, 3.8) is 0 Å². The van der Waals surface area contributed by atoms with E-state index in [2.05, 4.69) is 40.6 Å². The second-order valence-electron chi connectivity index (χ2n) is 7.15. The van der Waals surface area contributed by atoms with Crippen LogP contribution in [-0.2, 0) is 6.54 Å². The summed E-state index contributed by atoms with van der Waals surface area (Å²) < 4.78 is 11.0. The fourth-order valence-electron chi connectivity index (χ4n) is 3.94. The van der Waals surface area contributed by atoms with E-state index in [1.165, 1.54) is 18.4 Å². The number of methoxy groups -OCH3 is 2. The first-order chi connectivity index (χ1) is 13.8. The molecule has 2 aromatic carbocycles. The number of likely N-dealkylation sites (tertiary alicyclic amines) is 1. The normalized spacial score (nSPS) is 15.5. The predicted octanol–water partition coefficient (Wildman–Crippen LogP) is 5.21. The van der Waals surface area contributed by atoms with Gasteiger partial charge in [0.25, 0.3) is 0 Å². The molecule has 0 saturated carbocycles. The number of hydrogen-bond acceptors (Lipinski definition) is 5. The van der Waals surface area contributed by atoms with Crippen molar-refractivity contribution in [2.75, 3.05) is 27.3 Å². The van der Waals surface area contributed by atoms with Crippen molar-refractivity contribution in [2.24, 2.45) is 0 Å². The predicted molar refractivity (Wildman–Crippen MR) is 114 cm³/mol. The summed E-state index contributed by atoms with van der Waals surface area (Å²) in [6.45, 7) is 3.15. The molecular formula is C23H26N2O2S. The lowest BCUT2D eigenvalue weighted by Crippen LogP contribution is -2.32. The summed E-state index contributed by atoms with van der Waals surface area (Å²) in [7, 11) is 3.33. The van der Waals surface area contributed by atoms with E-state index < -0.39 is 0 Å². The molecule has 1 aliphatic rings. The van der Waals surface area contributed by atoms with Gasteiger partial charge in [0.05, 0.1) is 25.5 Å². The Morgan fingerprint density at radius 2 is 1.79 bits per heavy atom. The molecule has 146 valence electrons. The van der Waals surface area contributed by atoms with E-state index >= 15 is 0 Å². The van der Waals surface area contributed by atoms with Gasteiger partial charge in [0.1, 0.15) is 5.01 Å². The number of thiazole rings is 1. The van der Waals surface area contributed by atoms with E-state index in [-0.39, 0.29) is 0 Å². The van der Waals surface area contributed by atoms with Gasteiger partial charge in [0, 0.05) is 11.9 Å². The third kappa shape index (κ3) is 4.05. The standard InChI is InChI=1S/C23H26N2O2S/c1-26-21-10-6-9-20(22(21)27-2)23-24-19(16-28-23)15-25-13-11-18(12-14-25)17-7-4-3-5-8-17/h3-10,16,18H,11-15H2,1-2H3. The Labute approximate surface area is 170 Å². The molecule has 3 aromatic rings. The van der Waals surface area contributed by atoms with Gasteiger partial charge in [-0.15, -0.1) is 11.3 Å². The fraction of sp³-hybridized carbons (Fsp3) is 0.348. The average molecular weight is 395 g/mol. The smallest absolute Gasteiger partial charge is 0.170 e. The molecule has 0 unspecified atom stereocenters. The van der Waals surface area contributed by atoms with Crippen LogP contribution in [0, 0.1) is 0 Å². The topological polar surface area (TPSA) is 34.6 Å². The number of aromatic nitrogens is 1. The van der Waals surface area contributed by atoms with Crippen LogP contribution in [0.25, 0.3) is 10.6 Å². The van der Waals surface area contributed by atoms with Crippen LogP contribution >= 0.6 is 11.3 Å². The third-order valence-corrected chi connectivity index (χ3v) is 6.35. The third-order valence-electron chi connectivity index (χ3n) is 5.43. The zero-order valence-electron chi connectivity index (χ0n) is 16.4. The lowest BCUT2D eigenvalue weighted by Gasteiger charge is -2.31. The maximum Gasteiger partial charge on any atom is 0.170 e. The highest BCUT2D eigenvalue weighted by Crippen LogP contribution is 2.39. The van der Waals surface area contributed by atoms with Crippen LogP contribution in [0.4, 0.5) is 0 Å². The molecule has 5 heteroatoms. The maximum absolute atomic E-state index is 5.57. The zero-order valence-corrected chi connectivity index (χ0v) is 17.2. The molecule has 1 aromatic heterocycles. The molecule has 4 nitrogen and oxygen atoms in total. The lowest BCUT2D eigenvalue weighted by molar-refractivity contribution is 0.203. The van der Waals surface area contributed by atoms with Gasteiger partial charge < -0.3 is 9.47 Å². The molecule has 28 heavy (non-hydrogen) atoms. The van der Waals surface area contributed by atoms with Gasteiger partial charge in [0.15, 0.2) is 11.5 Å².